The van der Waals surface area contributed by atoms with E-state index < -0.39 is 12.0 Å². The second-order valence-electron chi connectivity index (χ2n) is 8.05. The second kappa shape index (κ2) is 21.0. The molecule has 0 heterocycles. The highest BCUT2D eigenvalue weighted by molar-refractivity contribution is 7.80. The summed E-state index contributed by atoms with van der Waals surface area (Å²) in [6, 6.07) is -0.873. The molecule has 0 saturated heterocycles. The van der Waals surface area contributed by atoms with E-state index in [0.29, 0.717) is 6.42 Å². The first-order valence-corrected chi connectivity index (χ1v) is 12.4. The van der Waals surface area contributed by atoms with Gasteiger partial charge in [0.2, 0.25) is 5.91 Å². The quantitative estimate of drug-likeness (QED) is 0.147. The monoisotopic (exact) mass is 415 g/mol. The molecule has 28 heavy (non-hydrogen) atoms. The maximum absolute atomic E-state index is 11.7. The molecule has 0 radical (unpaired) electrons. The van der Waals surface area contributed by atoms with Gasteiger partial charge in [-0.1, -0.05) is 110 Å². The van der Waals surface area contributed by atoms with Crippen LogP contribution in [0.3, 0.4) is 0 Å². The standard InChI is InChI=1S/C23H45NO3S/c1-2-3-4-5-6-7-8-9-10-11-12-13-14-15-16-17-18-19-22(25)24-21(20-28)23(26)27/h21,28H,2-20H2,1H3,(H,24,25)(H,26,27). The predicted octanol–water partition coefficient (Wildman–Crippen LogP) is 6.53. The Balaban J connectivity index is 3.23. The predicted molar refractivity (Wildman–Crippen MR) is 122 cm³/mol. The van der Waals surface area contributed by atoms with E-state index in [1.165, 1.54) is 96.3 Å². The number of carboxylic acids is 1. The number of carbonyl (C=O) groups is 2. The molecule has 1 atom stereocenters. The van der Waals surface area contributed by atoms with Gasteiger partial charge < -0.3 is 10.4 Å². The highest BCUT2D eigenvalue weighted by Gasteiger charge is 2.17. The Bertz CT molecular complexity index is 377. The third-order valence-electron chi connectivity index (χ3n) is 5.32. The summed E-state index contributed by atoms with van der Waals surface area (Å²) in [5.41, 5.74) is 0. The van der Waals surface area contributed by atoms with Crippen LogP contribution in [0, 0.1) is 0 Å². The molecular weight excluding hydrogens is 370 g/mol. The van der Waals surface area contributed by atoms with Gasteiger partial charge in [0.05, 0.1) is 0 Å². The first-order chi connectivity index (χ1) is 13.6. The van der Waals surface area contributed by atoms with Crippen LogP contribution < -0.4 is 5.32 Å². The summed E-state index contributed by atoms with van der Waals surface area (Å²) in [6.45, 7) is 2.27. The Kier molecular flexibility index (Phi) is 20.5. The van der Waals surface area contributed by atoms with Gasteiger partial charge in [0, 0.05) is 12.2 Å². The van der Waals surface area contributed by atoms with Gasteiger partial charge in [0.1, 0.15) is 6.04 Å². The van der Waals surface area contributed by atoms with E-state index in [0.717, 1.165) is 12.8 Å². The molecule has 0 aliphatic carbocycles. The van der Waals surface area contributed by atoms with Crippen LogP contribution in [0.4, 0.5) is 0 Å². The lowest BCUT2D eigenvalue weighted by atomic mass is 10.0. The maximum atomic E-state index is 11.7. The number of hydrogen-bond acceptors (Lipinski definition) is 3. The molecule has 0 spiro atoms. The highest BCUT2D eigenvalue weighted by Crippen LogP contribution is 2.14. The first kappa shape index (κ1) is 27.3. The Morgan fingerprint density at radius 1 is 0.714 bits per heavy atom. The van der Waals surface area contributed by atoms with Crippen molar-refractivity contribution in [3.05, 3.63) is 0 Å². The Morgan fingerprint density at radius 2 is 1.07 bits per heavy atom. The average molecular weight is 416 g/mol. The van der Waals surface area contributed by atoms with Gasteiger partial charge in [-0.15, -0.1) is 0 Å². The fourth-order valence-corrected chi connectivity index (χ4v) is 3.71. The zero-order chi connectivity index (χ0) is 20.9. The number of carboxylic acid groups (broad SMARTS) is 1. The molecule has 166 valence electrons. The van der Waals surface area contributed by atoms with Crippen LogP contribution in [0.2, 0.25) is 0 Å². The SMILES string of the molecule is CCCCCCCCCCCCCCCCCCCC(=O)NC(CS)C(=O)O. The van der Waals surface area contributed by atoms with Crippen molar-refractivity contribution in [1.82, 2.24) is 5.32 Å². The third-order valence-corrected chi connectivity index (χ3v) is 5.69. The fourth-order valence-electron chi connectivity index (χ4n) is 3.46. The number of rotatable bonds is 21. The third kappa shape index (κ3) is 18.6. The summed E-state index contributed by atoms with van der Waals surface area (Å²) in [5, 5.41) is 11.4. The largest absolute Gasteiger partial charge is 0.480 e. The summed E-state index contributed by atoms with van der Waals surface area (Å²) in [7, 11) is 0. The minimum atomic E-state index is -1.02. The minimum Gasteiger partial charge on any atom is -0.480 e. The van der Waals surface area contributed by atoms with Gasteiger partial charge in [-0.05, 0) is 6.42 Å². The van der Waals surface area contributed by atoms with Crippen molar-refractivity contribution >= 4 is 24.5 Å². The Labute approximate surface area is 179 Å². The molecule has 0 aromatic heterocycles. The molecule has 0 fully saturated rings. The van der Waals surface area contributed by atoms with Gasteiger partial charge in [-0.3, -0.25) is 4.79 Å². The molecule has 0 aliphatic heterocycles. The Hall–Kier alpha value is -0.710. The van der Waals surface area contributed by atoms with Crippen molar-refractivity contribution in [3.63, 3.8) is 0 Å². The lowest BCUT2D eigenvalue weighted by Gasteiger charge is -2.11. The lowest BCUT2D eigenvalue weighted by molar-refractivity contribution is -0.141. The molecule has 5 heteroatoms. The molecule has 0 aromatic rings. The molecule has 0 aromatic carbocycles. The van der Waals surface area contributed by atoms with Crippen LogP contribution in [-0.4, -0.2) is 28.8 Å². The van der Waals surface area contributed by atoms with Gasteiger partial charge >= 0.3 is 5.97 Å². The molecule has 0 bridgehead atoms. The van der Waals surface area contributed by atoms with Gasteiger partial charge in [-0.2, -0.15) is 12.6 Å². The molecular formula is C23H45NO3S. The number of aliphatic carboxylic acids is 1. The smallest absolute Gasteiger partial charge is 0.327 e. The number of thiol groups is 1. The second-order valence-corrected chi connectivity index (χ2v) is 8.41. The van der Waals surface area contributed by atoms with E-state index in [4.69, 9.17) is 5.11 Å². The molecule has 1 unspecified atom stereocenters. The minimum absolute atomic E-state index is 0.125. The number of hydrogen-bond donors (Lipinski definition) is 3. The summed E-state index contributed by atoms with van der Waals surface area (Å²) >= 11 is 3.94. The van der Waals surface area contributed by atoms with Crippen molar-refractivity contribution in [1.29, 1.82) is 0 Å². The molecule has 2 N–H and O–H groups in total. The highest BCUT2D eigenvalue weighted by atomic mass is 32.1. The number of unbranched alkanes of at least 4 members (excludes halogenated alkanes) is 16. The maximum Gasteiger partial charge on any atom is 0.327 e. The zero-order valence-electron chi connectivity index (χ0n) is 18.2. The van der Waals surface area contributed by atoms with Crippen molar-refractivity contribution in [3.8, 4) is 0 Å². The summed E-state index contributed by atoms with van der Waals surface area (Å²) in [6.07, 6.45) is 22.7. The number of carbonyl (C=O) groups excluding carboxylic acids is 1. The molecule has 0 rings (SSSR count). The van der Waals surface area contributed by atoms with Crippen LogP contribution >= 0.6 is 12.6 Å². The molecule has 0 aliphatic rings. The van der Waals surface area contributed by atoms with Gasteiger partial charge in [0.15, 0.2) is 0 Å². The van der Waals surface area contributed by atoms with Crippen molar-refractivity contribution in [2.45, 2.75) is 129 Å². The lowest BCUT2D eigenvalue weighted by Crippen LogP contribution is -2.42. The van der Waals surface area contributed by atoms with Crippen LogP contribution in [0.15, 0.2) is 0 Å². The Morgan fingerprint density at radius 3 is 1.39 bits per heavy atom. The van der Waals surface area contributed by atoms with E-state index in [1.54, 1.807) is 0 Å². The van der Waals surface area contributed by atoms with Gasteiger partial charge in [0.25, 0.3) is 0 Å². The van der Waals surface area contributed by atoms with E-state index in [9.17, 15) is 9.59 Å². The number of amides is 1. The normalized spacial score (nSPS) is 12.1. The first-order valence-electron chi connectivity index (χ1n) is 11.7. The molecule has 0 saturated carbocycles. The van der Waals surface area contributed by atoms with E-state index >= 15 is 0 Å². The van der Waals surface area contributed by atoms with Crippen molar-refractivity contribution in [2.24, 2.45) is 0 Å². The molecule has 4 nitrogen and oxygen atoms in total. The zero-order valence-corrected chi connectivity index (χ0v) is 19.1. The summed E-state index contributed by atoms with van der Waals surface area (Å²) in [4.78, 5) is 22.5. The van der Waals surface area contributed by atoms with Crippen LogP contribution in [-0.2, 0) is 9.59 Å². The number of nitrogens with one attached hydrogen (secondary N) is 1. The summed E-state index contributed by atoms with van der Waals surface area (Å²) < 4.78 is 0. The van der Waals surface area contributed by atoms with Gasteiger partial charge in [-0.25, -0.2) is 4.79 Å². The topological polar surface area (TPSA) is 66.4 Å². The fraction of sp³-hybridized carbons (Fsp3) is 0.913. The van der Waals surface area contributed by atoms with E-state index in [1.807, 2.05) is 0 Å². The summed E-state index contributed by atoms with van der Waals surface area (Å²) in [5.74, 6) is -1.08. The molecule has 1 amide bonds. The average Bonchev–Trinajstić information content (AvgIpc) is 2.68. The van der Waals surface area contributed by atoms with Crippen LogP contribution in [0.1, 0.15) is 122 Å². The van der Waals surface area contributed by atoms with Crippen molar-refractivity contribution < 1.29 is 14.7 Å². The van der Waals surface area contributed by atoms with Crippen LogP contribution in [0.5, 0.6) is 0 Å². The van der Waals surface area contributed by atoms with E-state index in [-0.39, 0.29) is 11.7 Å². The van der Waals surface area contributed by atoms with Crippen molar-refractivity contribution in [2.75, 3.05) is 5.75 Å². The van der Waals surface area contributed by atoms with Crippen LogP contribution in [0.25, 0.3) is 0 Å². The van der Waals surface area contributed by atoms with E-state index in [2.05, 4.69) is 24.9 Å².